The second-order valence-corrected chi connectivity index (χ2v) is 8.85. The first-order chi connectivity index (χ1) is 15.2. The Balaban J connectivity index is 1.27. The maximum atomic E-state index is 12.3. The van der Waals surface area contributed by atoms with Crippen LogP contribution in [0.4, 0.5) is 11.5 Å². The molecule has 162 valence electrons. The number of ether oxygens (including phenoxy) is 1. The molecule has 5 rings (SSSR count). The Hall–Kier alpha value is -2.41. The largest absolute Gasteiger partial charge is 0.379 e. The average Bonchev–Trinajstić information content (AvgIpc) is 2.80. The topological polar surface area (TPSA) is 70.2 Å². The summed E-state index contributed by atoms with van der Waals surface area (Å²) >= 11 is 6.16. The van der Waals surface area contributed by atoms with Crippen molar-refractivity contribution in [3.63, 3.8) is 0 Å². The lowest BCUT2D eigenvalue weighted by Gasteiger charge is -2.38. The van der Waals surface area contributed by atoms with Gasteiger partial charge in [0.25, 0.3) is 5.56 Å². The summed E-state index contributed by atoms with van der Waals surface area (Å²) in [7, 11) is 0. The van der Waals surface area contributed by atoms with Crippen LogP contribution in [0.1, 0.15) is 37.2 Å². The van der Waals surface area contributed by atoms with E-state index >= 15 is 0 Å². The van der Waals surface area contributed by atoms with Gasteiger partial charge in [0.1, 0.15) is 11.0 Å². The normalized spacial score (nSPS) is 22.5. The lowest BCUT2D eigenvalue weighted by atomic mass is 9.81. The fourth-order valence-corrected chi connectivity index (χ4v) is 5.17. The van der Waals surface area contributed by atoms with Crippen LogP contribution in [0.25, 0.3) is 10.8 Å². The van der Waals surface area contributed by atoms with Gasteiger partial charge in [0.2, 0.25) is 0 Å². The number of halogens is 1. The number of anilines is 2. The predicted octanol–water partition coefficient (Wildman–Crippen LogP) is 4.68. The Labute approximate surface area is 186 Å². The quantitative estimate of drug-likeness (QED) is 0.579. The zero-order valence-electron chi connectivity index (χ0n) is 17.4. The molecule has 1 aromatic carbocycles. The number of benzene rings is 1. The van der Waals surface area contributed by atoms with Gasteiger partial charge >= 0.3 is 0 Å². The third-order valence-electron chi connectivity index (χ3n) is 6.63. The number of H-pyrrole nitrogens is 1. The van der Waals surface area contributed by atoms with Gasteiger partial charge in [-0.25, -0.2) is 4.98 Å². The molecule has 31 heavy (non-hydrogen) atoms. The summed E-state index contributed by atoms with van der Waals surface area (Å²) in [5.41, 5.74) is 2.09. The van der Waals surface area contributed by atoms with Gasteiger partial charge in [-0.05, 0) is 66.8 Å². The molecule has 0 amide bonds. The molecule has 2 N–H and O–H groups in total. The Morgan fingerprint density at radius 3 is 2.55 bits per heavy atom. The Bertz CT molecular complexity index is 1100. The van der Waals surface area contributed by atoms with Gasteiger partial charge in [0.15, 0.2) is 0 Å². The van der Waals surface area contributed by atoms with Crippen LogP contribution in [0, 0.1) is 0 Å². The van der Waals surface area contributed by atoms with Crippen LogP contribution in [0.5, 0.6) is 0 Å². The lowest BCUT2D eigenvalue weighted by molar-refractivity contribution is 0.00730. The number of aromatic amines is 1. The van der Waals surface area contributed by atoms with E-state index in [-0.39, 0.29) is 5.56 Å². The zero-order valence-corrected chi connectivity index (χ0v) is 18.2. The van der Waals surface area contributed by atoms with Crippen LogP contribution < -0.4 is 10.9 Å². The van der Waals surface area contributed by atoms with E-state index in [0.29, 0.717) is 28.3 Å². The van der Waals surface area contributed by atoms with Crippen molar-refractivity contribution in [3.05, 3.63) is 63.7 Å². The van der Waals surface area contributed by atoms with Crippen molar-refractivity contribution >= 4 is 33.9 Å². The first kappa shape index (κ1) is 20.5. The van der Waals surface area contributed by atoms with Gasteiger partial charge in [-0.2, -0.15) is 0 Å². The molecular formula is C24H27ClN4O2. The van der Waals surface area contributed by atoms with E-state index in [2.05, 4.69) is 44.5 Å². The number of hydrogen-bond donors (Lipinski definition) is 2. The van der Waals surface area contributed by atoms with Gasteiger partial charge in [-0.3, -0.25) is 9.69 Å². The number of pyridine rings is 2. The molecule has 3 aromatic rings. The zero-order chi connectivity index (χ0) is 21.2. The van der Waals surface area contributed by atoms with Crippen molar-refractivity contribution < 1.29 is 4.74 Å². The molecule has 6 nitrogen and oxygen atoms in total. The van der Waals surface area contributed by atoms with E-state index < -0.39 is 0 Å². The minimum absolute atomic E-state index is 0.183. The number of hydrogen-bond acceptors (Lipinski definition) is 5. The highest BCUT2D eigenvalue weighted by Crippen LogP contribution is 2.35. The summed E-state index contributed by atoms with van der Waals surface area (Å²) < 4.78 is 5.49. The van der Waals surface area contributed by atoms with E-state index in [9.17, 15) is 4.79 Å². The van der Waals surface area contributed by atoms with Crippen LogP contribution >= 0.6 is 11.6 Å². The maximum Gasteiger partial charge on any atom is 0.259 e. The average molecular weight is 439 g/mol. The maximum absolute atomic E-state index is 12.3. The molecule has 2 aliphatic rings. The molecule has 0 bridgehead atoms. The Morgan fingerprint density at radius 2 is 1.81 bits per heavy atom. The summed E-state index contributed by atoms with van der Waals surface area (Å²) in [4.78, 5) is 22.0. The van der Waals surface area contributed by atoms with E-state index in [4.69, 9.17) is 16.3 Å². The van der Waals surface area contributed by atoms with Crippen LogP contribution in [0.2, 0.25) is 5.15 Å². The highest BCUT2D eigenvalue weighted by Gasteiger charge is 2.27. The smallest absolute Gasteiger partial charge is 0.259 e. The number of rotatable bonds is 4. The molecule has 1 saturated heterocycles. The summed E-state index contributed by atoms with van der Waals surface area (Å²) in [6, 6.07) is 12.8. The molecule has 2 fully saturated rings. The fourth-order valence-electron chi connectivity index (χ4n) is 4.96. The van der Waals surface area contributed by atoms with Crippen LogP contribution in [-0.2, 0) is 4.74 Å². The monoisotopic (exact) mass is 438 g/mol. The van der Waals surface area contributed by atoms with Crippen LogP contribution in [0.15, 0.2) is 47.4 Å². The lowest BCUT2D eigenvalue weighted by Crippen LogP contribution is -2.44. The van der Waals surface area contributed by atoms with Crippen molar-refractivity contribution in [1.29, 1.82) is 0 Å². The van der Waals surface area contributed by atoms with Crippen molar-refractivity contribution in [3.8, 4) is 0 Å². The first-order valence-electron chi connectivity index (χ1n) is 11.0. The molecule has 0 unspecified atom stereocenters. The van der Waals surface area contributed by atoms with Gasteiger partial charge in [-0.1, -0.05) is 23.7 Å². The third kappa shape index (κ3) is 4.47. The van der Waals surface area contributed by atoms with Gasteiger partial charge < -0.3 is 15.0 Å². The summed E-state index contributed by atoms with van der Waals surface area (Å²) in [5.74, 6) is 1.09. The van der Waals surface area contributed by atoms with E-state index in [1.54, 1.807) is 12.3 Å². The Kier molecular flexibility index (Phi) is 5.94. The van der Waals surface area contributed by atoms with Crippen LogP contribution in [0.3, 0.4) is 0 Å². The van der Waals surface area contributed by atoms with Crippen LogP contribution in [-0.4, -0.2) is 47.2 Å². The summed E-state index contributed by atoms with van der Waals surface area (Å²) in [5, 5.41) is 4.91. The second kappa shape index (κ2) is 8.99. The van der Waals surface area contributed by atoms with Crippen molar-refractivity contribution in [2.45, 2.75) is 37.6 Å². The molecule has 0 radical (unpaired) electrons. The minimum Gasteiger partial charge on any atom is -0.379 e. The van der Waals surface area contributed by atoms with Gasteiger partial charge in [-0.15, -0.1) is 0 Å². The predicted molar refractivity (Wildman–Crippen MR) is 124 cm³/mol. The molecular weight excluding hydrogens is 412 g/mol. The number of nitrogens with one attached hydrogen (secondary N) is 2. The molecule has 1 aliphatic heterocycles. The number of nitrogens with zero attached hydrogens (tertiary/aromatic N) is 2. The molecule has 3 heterocycles. The van der Waals surface area contributed by atoms with E-state index in [1.165, 1.54) is 31.2 Å². The number of fused-ring (bicyclic) bond motifs is 1. The van der Waals surface area contributed by atoms with Gasteiger partial charge in [0, 0.05) is 31.0 Å². The standard InChI is InChI=1S/C24H27ClN4O2/c25-21-15-18-9-10-26-24(30)22(18)23(28-21)27-19-5-1-16(2-6-19)17-3-7-20(8-4-17)29-11-13-31-14-12-29/h1-2,5-6,9-10,15,17,20H,3-4,7-8,11-14H2,(H,26,30)(H,27,28). The molecule has 1 aliphatic carbocycles. The van der Waals surface area contributed by atoms with Crippen molar-refractivity contribution in [2.75, 3.05) is 31.6 Å². The third-order valence-corrected chi connectivity index (χ3v) is 6.82. The number of morpholine rings is 1. The van der Waals surface area contributed by atoms with Gasteiger partial charge in [0.05, 0.1) is 18.6 Å². The second-order valence-electron chi connectivity index (χ2n) is 8.47. The summed E-state index contributed by atoms with van der Waals surface area (Å²) in [6.45, 7) is 3.89. The highest BCUT2D eigenvalue weighted by molar-refractivity contribution is 6.30. The fraction of sp³-hybridized carbons (Fsp3) is 0.417. The van der Waals surface area contributed by atoms with Crippen molar-refractivity contribution in [1.82, 2.24) is 14.9 Å². The molecule has 2 aromatic heterocycles. The summed E-state index contributed by atoms with van der Waals surface area (Å²) in [6.07, 6.45) is 6.58. The Morgan fingerprint density at radius 1 is 1.06 bits per heavy atom. The van der Waals surface area contributed by atoms with Crippen molar-refractivity contribution in [2.24, 2.45) is 0 Å². The first-order valence-corrected chi connectivity index (χ1v) is 11.4. The highest BCUT2D eigenvalue weighted by atomic mass is 35.5. The molecule has 0 spiro atoms. The SMILES string of the molecule is O=c1[nH]ccc2cc(Cl)nc(Nc3ccc(C4CCC(N5CCOCC5)CC4)cc3)c12. The molecule has 1 saturated carbocycles. The molecule has 7 heteroatoms. The molecule has 0 atom stereocenters. The minimum atomic E-state index is -0.183. The number of aromatic nitrogens is 2. The van der Waals surface area contributed by atoms with E-state index in [1.807, 2.05) is 6.07 Å². The van der Waals surface area contributed by atoms with E-state index in [0.717, 1.165) is 37.4 Å².